The third-order valence-electron chi connectivity index (χ3n) is 3.92. The first kappa shape index (κ1) is 19.6. The molecule has 4 N–H and O–H groups in total. The van der Waals surface area contributed by atoms with Gasteiger partial charge in [0.05, 0.1) is 27.9 Å². The zero-order chi connectivity index (χ0) is 19.3. The summed E-state index contributed by atoms with van der Waals surface area (Å²) in [6.07, 6.45) is 1.45. The SMILES string of the molecule is COc1cc(OC)c(OC)cc1CCCON1C(N)=NC(N)=NC1(C)C. The molecule has 0 radical (unpaired) electrons. The largest absolute Gasteiger partial charge is 0.496 e. The van der Waals surface area contributed by atoms with Crippen molar-refractivity contribution >= 4 is 11.9 Å². The summed E-state index contributed by atoms with van der Waals surface area (Å²) in [6.45, 7) is 4.12. The first-order valence-electron chi connectivity index (χ1n) is 8.24. The predicted octanol–water partition coefficient (Wildman–Crippen LogP) is 1.26. The molecule has 26 heavy (non-hydrogen) atoms. The van der Waals surface area contributed by atoms with Crippen molar-refractivity contribution in [2.24, 2.45) is 21.5 Å². The highest BCUT2D eigenvalue weighted by molar-refractivity contribution is 5.95. The molecule has 9 heteroatoms. The molecule has 0 spiro atoms. The molecule has 1 aromatic carbocycles. The molecule has 0 bridgehead atoms. The maximum Gasteiger partial charge on any atom is 0.226 e. The maximum absolute atomic E-state index is 5.89. The number of hydrogen-bond donors (Lipinski definition) is 2. The molecule has 2 rings (SSSR count). The zero-order valence-corrected chi connectivity index (χ0v) is 15.9. The van der Waals surface area contributed by atoms with Crippen LogP contribution in [0.3, 0.4) is 0 Å². The predicted molar refractivity (Wildman–Crippen MR) is 99.5 cm³/mol. The minimum Gasteiger partial charge on any atom is -0.496 e. The number of ether oxygens (including phenoxy) is 3. The summed E-state index contributed by atoms with van der Waals surface area (Å²) in [6, 6.07) is 3.72. The second kappa shape index (κ2) is 8.13. The Morgan fingerprint density at radius 2 is 1.62 bits per heavy atom. The summed E-state index contributed by atoms with van der Waals surface area (Å²) in [5.41, 5.74) is 11.8. The molecule has 1 aliphatic rings. The fraction of sp³-hybridized carbons (Fsp3) is 0.529. The van der Waals surface area contributed by atoms with E-state index in [0.29, 0.717) is 18.1 Å². The number of guanidine groups is 2. The number of aryl methyl sites for hydroxylation is 1. The number of aliphatic imine (C=N–C) groups is 2. The molecule has 0 fully saturated rings. The van der Waals surface area contributed by atoms with Gasteiger partial charge in [-0.05, 0) is 38.3 Å². The average molecular weight is 365 g/mol. The van der Waals surface area contributed by atoms with Gasteiger partial charge >= 0.3 is 0 Å². The summed E-state index contributed by atoms with van der Waals surface area (Å²) in [4.78, 5) is 13.9. The highest BCUT2D eigenvalue weighted by Gasteiger charge is 2.32. The zero-order valence-electron chi connectivity index (χ0n) is 15.9. The van der Waals surface area contributed by atoms with Gasteiger partial charge in [0, 0.05) is 6.07 Å². The molecule has 0 unspecified atom stereocenters. The van der Waals surface area contributed by atoms with Crippen molar-refractivity contribution in [2.45, 2.75) is 32.4 Å². The fourth-order valence-electron chi connectivity index (χ4n) is 2.72. The van der Waals surface area contributed by atoms with Gasteiger partial charge in [-0.3, -0.25) is 4.84 Å². The number of nitrogens with two attached hydrogens (primary N) is 2. The van der Waals surface area contributed by atoms with Gasteiger partial charge in [0.25, 0.3) is 0 Å². The number of nitrogens with zero attached hydrogens (tertiary/aromatic N) is 3. The maximum atomic E-state index is 5.89. The molecule has 1 aromatic rings. The Bertz CT molecular complexity index is 703. The molecular formula is C17H27N5O4. The Morgan fingerprint density at radius 1 is 1.00 bits per heavy atom. The average Bonchev–Trinajstić information content (AvgIpc) is 2.58. The molecule has 0 aromatic heterocycles. The molecule has 144 valence electrons. The molecule has 0 amide bonds. The molecule has 0 atom stereocenters. The smallest absolute Gasteiger partial charge is 0.226 e. The van der Waals surface area contributed by atoms with Crippen LogP contribution in [0.4, 0.5) is 0 Å². The summed E-state index contributed by atoms with van der Waals surface area (Å²) in [5, 5.41) is 1.47. The van der Waals surface area contributed by atoms with Crippen LogP contribution in [0.5, 0.6) is 17.2 Å². The summed E-state index contributed by atoms with van der Waals surface area (Å²) >= 11 is 0. The number of hydrogen-bond acceptors (Lipinski definition) is 9. The lowest BCUT2D eigenvalue weighted by Crippen LogP contribution is -2.53. The van der Waals surface area contributed by atoms with E-state index in [1.807, 2.05) is 26.0 Å². The van der Waals surface area contributed by atoms with E-state index >= 15 is 0 Å². The molecule has 0 saturated heterocycles. The minimum atomic E-state index is -0.711. The van der Waals surface area contributed by atoms with Crippen molar-refractivity contribution in [1.82, 2.24) is 5.06 Å². The van der Waals surface area contributed by atoms with Gasteiger partial charge in [-0.25, -0.2) is 4.99 Å². The monoisotopic (exact) mass is 365 g/mol. The van der Waals surface area contributed by atoms with E-state index in [9.17, 15) is 0 Å². The summed E-state index contributed by atoms with van der Waals surface area (Å²) < 4.78 is 16.1. The third-order valence-corrected chi connectivity index (χ3v) is 3.92. The van der Waals surface area contributed by atoms with Crippen molar-refractivity contribution in [2.75, 3.05) is 27.9 Å². The lowest BCUT2D eigenvalue weighted by molar-refractivity contribution is -0.157. The van der Waals surface area contributed by atoms with Crippen molar-refractivity contribution in [3.63, 3.8) is 0 Å². The van der Waals surface area contributed by atoms with Crippen molar-refractivity contribution in [1.29, 1.82) is 0 Å². The van der Waals surface area contributed by atoms with Crippen LogP contribution in [0.15, 0.2) is 22.1 Å². The fourth-order valence-corrected chi connectivity index (χ4v) is 2.72. The van der Waals surface area contributed by atoms with E-state index in [1.54, 1.807) is 21.3 Å². The van der Waals surface area contributed by atoms with Gasteiger partial charge in [0.2, 0.25) is 11.9 Å². The minimum absolute atomic E-state index is 0.141. The highest BCUT2D eigenvalue weighted by Crippen LogP contribution is 2.35. The van der Waals surface area contributed by atoms with E-state index in [0.717, 1.165) is 24.2 Å². The van der Waals surface area contributed by atoms with Crippen molar-refractivity contribution < 1.29 is 19.0 Å². The van der Waals surface area contributed by atoms with Crippen LogP contribution < -0.4 is 25.7 Å². The van der Waals surface area contributed by atoms with Crippen LogP contribution >= 0.6 is 0 Å². The quantitative estimate of drug-likeness (QED) is 0.666. The Hall–Kier alpha value is -2.68. The Labute approximate surface area is 153 Å². The van der Waals surface area contributed by atoms with Crippen LogP contribution in [0.2, 0.25) is 0 Å². The number of rotatable bonds is 8. The van der Waals surface area contributed by atoms with Crippen molar-refractivity contribution in [3.8, 4) is 17.2 Å². The topological polar surface area (TPSA) is 117 Å². The Balaban J connectivity index is 1.99. The Morgan fingerprint density at radius 3 is 2.19 bits per heavy atom. The van der Waals surface area contributed by atoms with Gasteiger partial charge in [-0.1, -0.05) is 0 Å². The standard InChI is InChI=1S/C17H27N5O4/c1-17(2)21-15(18)20-16(19)22(17)26-8-6-7-11-9-13(24-4)14(25-5)10-12(11)23-3/h9-10H,6-8H2,1-5H3,(H4,18,19,20,21). The molecule has 0 saturated carbocycles. The van der Waals surface area contributed by atoms with E-state index < -0.39 is 5.66 Å². The molecule has 1 aliphatic heterocycles. The lowest BCUT2D eigenvalue weighted by Gasteiger charge is -2.36. The second-order valence-corrected chi connectivity index (χ2v) is 6.18. The lowest BCUT2D eigenvalue weighted by atomic mass is 10.1. The highest BCUT2D eigenvalue weighted by atomic mass is 16.7. The van der Waals surface area contributed by atoms with Gasteiger partial charge in [-0.15, -0.1) is 0 Å². The van der Waals surface area contributed by atoms with Gasteiger partial charge in [0.1, 0.15) is 5.75 Å². The van der Waals surface area contributed by atoms with E-state index in [1.165, 1.54) is 5.06 Å². The van der Waals surface area contributed by atoms with E-state index in [4.69, 9.17) is 30.5 Å². The van der Waals surface area contributed by atoms with Crippen LogP contribution in [-0.2, 0) is 11.3 Å². The molecule has 0 aliphatic carbocycles. The first-order valence-corrected chi connectivity index (χ1v) is 8.24. The van der Waals surface area contributed by atoms with Crippen LogP contribution in [0.1, 0.15) is 25.8 Å². The first-order chi connectivity index (χ1) is 12.3. The van der Waals surface area contributed by atoms with Crippen LogP contribution in [0.25, 0.3) is 0 Å². The van der Waals surface area contributed by atoms with Crippen LogP contribution in [0, 0.1) is 0 Å². The van der Waals surface area contributed by atoms with Gasteiger partial charge in [0.15, 0.2) is 17.2 Å². The van der Waals surface area contributed by atoms with Crippen LogP contribution in [-0.4, -0.2) is 50.6 Å². The van der Waals surface area contributed by atoms with E-state index in [2.05, 4.69) is 9.98 Å². The molecular weight excluding hydrogens is 338 g/mol. The normalized spacial score (nSPS) is 16.0. The number of benzene rings is 1. The Kier molecular flexibility index (Phi) is 6.14. The van der Waals surface area contributed by atoms with Gasteiger partial charge < -0.3 is 25.7 Å². The summed E-state index contributed by atoms with van der Waals surface area (Å²) in [7, 11) is 4.81. The van der Waals surface area contributed by atoms with Crippen molar-refractivity contribution in [3.05, 3.63) is 17.7 Å². The molecule has 9 nitrogen and oxygen atoms in total. The van der Waals surface area contributed by atoms with E-state index in [-0.39, 0.29) is 11.9 Å². The number of hydroxylamine groups is 2. The second-order valence-electron chi connectivity index (χ2n) is 6.18. The molecule has 1 heterocycles. The van der Waals surface area contributed by atoms with Gasteiger partial charge in [-0.2, -0.15) is 10.1 Å². The third kappa shape index (κ3) is 4.29. The number of methoxy groups -OCH3 is 3. The summed E-state index contributed by atoms with van der Waals surface area (Å²) in [5.74, 6) is 2.34.